The summed E-state index contributed by atoms with van der Waals surface area (Å²) in [5.74, 6) is 0.691. The molecule has 0 aliphatic carbocycles. The first-order chi connectivity index (χ1) is 12.2. The van der Waals surface area contributed by atoms with Crippen molar-refractivity contribution in [3.63, 3.8) is 0 Å². The third-order valence-electron chi connectivity index (χ3n) is 4.11. The second-order valence-electron chi connectivity index (χ2n) is 7.74. The molecule has 0 fully saturated rings. The topological polar surface area (TPSA) is 38.3 Å². The lowest BCUT2D eigenvalue weighted by Gasteiger charge is -2.18. The van der Waals surface area contributed by atoms with Gasteiger partial charge in [0.15, 0.2) is 0 Å². The zero-order valence-corrected chi connectivity index (χ0v) is 16.4. The molecule has 0 aromatic heterocycles. The van der Waals surface area contributed by atoms with Gasteiger partial charge in [-0.1, -0.05) is 62.7 Å². The van der Waals surface area contributed by atoms with E-state index < -0.39 is 0 Å². The number of benzene rings is 2. The molecule has 3 heteroatoms. The van der Waals surface area contributed by atoms with Crippen molar-refractivity contribution in [2.75, 3.05) is 6.61 Å². The fraction of sp³-hybridized carbons (Fsp3) is 0.348. The van der Waals surface area contributed by atoms with Gasteiger partial charge in [0.1, 0.15) is 12.4 Å². The second-order valence-corrected chi connectivity index (χ2v) is 7.74. The number of aryl methyl sites for hydroxylation is 1. The number of rotatable bonds is 6. The highest BCUT2D eigenvalue weighted by Gasteiger charge is 2.12. The van der Waals surface area contributed by atoms with E-state index in [1.54, 1.807) is 6.08 Å². The Hall–Kier alpha value is -2.55. The van der Waals surface area contributed by atoms with Crippen LogP contribution in [0.2, 0.25) is 0 Å². The summed E-state index contributed by atoms with van der Waals surface area (Å²) in [6.07, 6.45) is 3.39. The Morgan fingerprint density at radius 2 is 1.69 bits per heavy atom. The van der Waals surface area contributed by atoms with Gasteiger partial charge in [-0.05, 0) is 48.6 Å². The Labute approximate surface area is 157 Å². The minimum atomic E-state index is -0.120. The summed E-state index contributed by atoms with van der Waals surface area (Å²) in [4.78, 5) is 12.1. The number of carbonyl (C=O) groups excluding carboxylic acids is 1. The van der Waals surface area contributed by atoms with Crippen molar-refractivity contribution < 1.29 is 9.53 Å². The third-order valence-corrected chi connectivity index (χ3v) is 4.11. The molecule has 2 aromatic rings. The molecule has 0 saturated heterocycles. The Balaban J connectivity index is 1.81. The lowest BCUT2D eigenvalue weighted by Crippen LogP contribution is -2.35. The lowest BCUT2D eigenvalue weighted by atomic mass is 9.87. The van der Waals surface area contributed by atoms with Crippen LogP contribution in [0.1, 0.15) is 44.4 Å². The summed E-state index contributed by atoms with van der Waals surface area (Å²) in [7, 11) is 0. The zero-order valence-electron chi connectivity index (χ0n) is 16.4. The highest BCUT2D eigenvalue weighted by molar-refractivity contribution is 5.91. The van der Waals surface area contributed by atoms with E-state index in [1.165, 1.54) is 11.1 Å². The van der Waals surface area contributed by atoms with Crippen LogP contribution in [0.4, 0.5) is 0 Å². The fourth-order valence-corrected chi connectivity index (χ4v) is 2.45. The molecule has 0 aliphatic rings. The van der Waals surface area contributed by atoms with Gasteiger partial charge in [0.25, 0.3) is 0 Å². The summed E-state index contributed by atoms with van der Waals surface area (Å²) in [5.41, 5.74) is 3.61. The zero-order chi connectivity index (χ0) is 19.2. The summed E-state index contributed by atoms with van der Waals surface area (Å²) in [6.45, 7) is 11.0. The maximum atomic E-state index is 12.1. The molecule has 0 heterocycles. The molecule has 0 bridgehead atoms. The molecule has 1 amide bonds. The fourth-order valence-electron chi connectivity index (χ4n) is 2.45. The Bertz CT molecular complexity index is 737. The smallest absolute Gasteiger partial charge is 0.244 e. The highest BCUT2D eigenvalue weighted by atomic mass is 16.5. The molecule has 1 atom stereocenters. The molecule has 2 aromatic carbocycles. The molecule has 1 N–H and O–H groups in total. The van der Waals surface area contributed by atoms with Crippen LogP contribution < -0.4 is 10.1 Å². The first kappa shape index (κ1) is 19.8. The largest absolute Gasteiger partial charge is 0.491 e. The molecular formula is C23H29NO2. The number of hydrogen-bond donors (Lipinski definition) is 1. The van der Waals surface area contributed by atoms with Crippen LogP contribution in [0, 0.1) is 6.92 Å². The van der Waals surface area contributed by atoms with Crippen LogP contribution in [0.5, 0.6) is 5.75 Å². The van der Waals surface area contributed by atoms with Gasteiger partial charge in [-0.3, -0.25) is 4.79 Å². The minimum absolute atomic E-state index is 0.0725. The monoisotopic (exact) mass is 351 g/mol. The molecule has 0 radical (unpaired) electrons. The molecule has 3 nitrogen and oxygen atoms in total. The van der Waals surface area contributed by atoms with Gasteiger partial charge in [-0.15, -0.1) is 0 Å². The van der Waals surface area contributed by atoms with Crippen LogP contribution in [-0.2, 0) is 10.2 Å². The number of carbonyl (C=O) groups is 1. The summed E-state index contributed by atoms with van der Waals surface area (Å²) in [5, 5.41) is 2.92. The highest BCUT2D eigenvalue weighted by Crippen LogP contribution is 2.22. The number of nitrogens with one attached hydrogen (secondary N) is 1. The predicted octanol–water partition coefficient (Wildman–Crippen LogP) is 4.89. The van der Waals surface area contributed by atoms with Crippen molar-refractivity contribution in [3.05, 3.63) is 71.3 Å². The van der Waals surface area contributed by atoms with Gasteiger partial charge in [-0.2, -0.15) is 0 Å². The molecule has 26 heavy (non-hydrogen) atoms. The van der Waals surface area contributed by atoms with E-state index in [4.69, 9.17) is 4.74 Å². The first-order valence-corrected chi connectivity index (χ1v) is 9.02. The van der Waals surface area contributed by atoms with E-state index in [-0.39, 0.29) is 17.4 Å². The quantitative estimate of drug-likeness (QED) is 0.753. The summed E-state index contributed by atoms with van der Waals surface area (Å²) < 4.78 is 5.69. The van der Waals surface area contributed by atoms with Crippen molar-refractivity contribution in [2.24, 2.45) is 0 Å². The number of ether oxygens (including phenoxy) is 1. The average Bonchev–Trinajstić information content (AvgIpc) is 2.59. The molecule has 138 valence electrons. The van der Waals surface area contributed by atoms with Gasteiger partial charge in [0.2, 0.25) is 5.91 Å². The predicted molar refractivity (Wildman–Crippen MR) is 108 cm³/mol. The third kappa shape index (κ3) is 6.40. The van der Waals surface area contributed by atoms with Crippen molar-refractivity contribution in [3.8, 4) is 5.75 Å². The van der Waals surface area contributed by atoms with Crippen LogP contribution in [-0.4, -0.2) is 18.6 Å². The van der Waals surface area contributed by atoms with Gasteiger partial charge >= 0.3 is 0 Å². The summed E-state index contributed by atoms with van der Waals surface area (Å²) in [6, 6.07) is 16.1. The van der Waals surface area contributed by atoms with E-state index >= 15 is 0 Å². The lowest BCUT2D eigenvalue weighted by molar-refractivity contribution is -0.117. The van der Waals surface area contributed by atoms with E-state index in [0.717, 1.165) is 11.3 Å². The number of amides is 1. The van der Waals surface area contributed by atoms with Crippen LogP contribution in [0.3, 0.4) is 0 Å². The standard InChI is InChI=1S/C23H29NO2/c1-17-6-13-21(14-7-17)26-16-18(2)24-22(25)15-10-19-8-11-20(12-9-19)23(3,4)5/h6-15,18H,16H2,1-5H3,(H,24,25)/b15-10+. The van der Waals surface area contributed by atoms with Gasteiger partial charge in [0, 0.05) is 6.08 Å². The molecule has 1 unspecified atom stereocenters. The van der Waals surface area contributed by atoms with Crippen molar-refractivity contribution in [1.82, 2.24) is 5.32 Å². The number of hydrogen-bond acceptors (Lipinski definition) is 2. The Morgan fingerprint density at radius 3 is 2.27 bits per heavy atom. The normalized spacial score (nSPS) is 12.8. The molecular weight excluding hydrogens is 322 g/mol. The SMILES string of the molecule is Cc1ccc(OCC(C)NC(=O)/C=C/c2ccc(C(C)(C)C)cc2)cc1. The van der Waals surface area contributed by atoms with E-state index in [9.17, 15) is 4.79 Å². The van der Waals surface area contributed by atoms with Crippen molar-refractivity contribution in [2.45, 2.75) is 46.1 Å². The molecule has 0 saturated carbocycles. The van der Waals surface area contributed by atoms with Crippen LogP contribution in [0.15, 0.2) is 54.6 Å². The Morgan fingerprint density at radius 1 is 1.08 bits per heavy atom. The van der Waals surface area contributed by atoms with Gasteiger partial charge in [0.05, 0.1) is 6.04 Å². The van der Waals surface area contributed by atoms with Crippen molar-refractivity contribution in [1.29, 1.82) is 0 Å². The van der Waals surface area contributed by atoms with E-state index in [0.29, 0.717) is 6.61 Å². The molecule has 0 aliphatic heterocycles. The summed E-state index contributed by atoms with van der Waals surface area (Å²) >= 11 is 0. The van der Waals surface area contributed by atoms with E-state index in [2.05, 4.69) is 38.2 Å². The van der Waals surface area contributed by atoms with Crippen LogP contribution >= 0.6 is 0 Å². The van der Waals surface area contributed by atoms with Crippen molar-refractivity contribution >= 4 is 12.0 Å². The maximum Gasteiger partial charge on any atom is 0.244 e. The Kier molecular flexibility index (Phi) is 6.62. The van der Waals surface area contributed by atoms with Crippen LogP contribution in [0.25, 0.3) is 6.08 Å². The average molecular weight is 351 g/mol. The minimum Gasteiger partial charge on any atom is -0.491 e. The molecule has 0 spiro atoms. The van der Waals surface area contributed by atoms with Gasteiger partial charge < -0.3 is 10.1 Å². The second kappa shape index (κ2) is 8.70. The maximum absolute atomic E-state index is 12.1. The molecule has 2 rings (SSSR count). The van der Waals surface area contributed by atoms with Gasteiger partial charge in [-0.25, -0.2) is 0 Å². The van der Waals surface area contributed by atoms with E-state index in [1.807, 2.05) is 56.3 Å². The first-order valence-electron chi connectivity index (χ1n) is 9.02.